The molecule has 0 saturated carbocycles. The average molecular weight is 420 g/mol. The van der Waals surface area contributed by atoms with Crippen LogP contribution in [0.3, 0.4) is 0 Å². The van der Waals surface area contributed by atoms with Gasteiger partial charge < -0.3 is 14.8 Å². The Morgan fingerprint density at radius 1 is 1.31 bits per heavy atom. The molecule has 1 aliphatic heterocycles. The number of nitrogens with zero attached hydrogens (tertiary/aromatic N) is 2. The first-order chi connectivity index (χ1) is 14.0. The lowest BCUT2D eigenvalue weighted by molar-refractivity contribution is -0.384. The number of carbonyl (C=O) groups excluding carboxylic acids is 1. The van der Waals surface area contributed by atoms with E-state index in [1.807, 2.05) is 24.3 Å². The highest BCUT2D eigenvalue weighted by molar-refractivity contribution is 6.34. The van der Waals surface area contributed by atoms with Crippen molar-refractivity contribution in [2.45, 2.75) is 6.04 Å². The molecule has 1 saturated heterocycles. The number of nitrogens with one attached hydrogen (secondary N) is 1. The van der Waals surface area contributed by atoms with Gasteiger partial charge in [0.25, 0.3) is 11.6 Å². The van der Waals surface area contributed by atoms with Gasteiger partial charge in [0, 0.05) is 31.8 Å². The lowest BCUT2D eigenvalue weighted by atomic mass is 10.0. The molecule has 154 valence electrons. The second kappa shape index (κ2) is 9.69. The molecule has 2 aromatic rings. The number of non-ortho nitro benzene ring substituents is 1. The van der Waals surface area contributed by atoms with Crippen molar-refractivity contribution in [2.75, 3.05) is 40.0 Å². The lowest BCUT2D eigenvalue weighted by Gasteiger charge is -2.35. The summed E-state index contributed by atoms with van der Waals surface area (Å²) in [6.45, 7) is 3.09. The number of benzene rings is 2. The molecule has 1 heterocycles. The van der Waals surface area contributed by atoms with Gasteiger partial charge in [0.05, 0.1) is 41.9 Å². The summed E-state index contributed by atoms with van der Waals surface area (Å²) in [5.41, 5.74) is 1.05. The minimum absolute atomic E-state index is 0.0426. The predicted molar refractivity (Wildman–Crippen MR) is 109 cm³/mol. The molecular formula is C20H22ClN3O5. The monoisotopic (exact) mass is 419 g/mol. The summed E-state index contributed by atoms with van der Waals surface area (Å²) >= 11 is 6.08. The highest BCUT2D eigenvalue weighted by Gasteiger charge is 2.24. The summed E-state index contributed by atoms with van der Waals surface area (Å²) in [5, 5.41) is 13.8. The fourth-order valence-electron chi connectivity index (χ4n) is 3.28. The molecule has 8 nitrogen and oxygen atoms in total. The van der Waals surface area contributed by atoms with E-state index in [0.29, 0.717) is 19.8 Å². The Morgan fingerprint density at radius 3 is 2.72 bits per heavy atom. The van der Waals surface area contributed by atoms with Crippen molar-refractivity contribution in [1.29, 1.82) is 0 Å². The molecule has 1 atom stereocenters. The fraction of sp³-hybridized carbons (Fsp3) is 0.350. The molecule has 9 heteroatoms. The molecular weight excluding hydrogens is 398 g/mol. The molecule has 0 aliphatic carbocycles. The van der Waals surface area contributed by atoms with Crippen LogP contribution in [-0.4, -0.2) is 55.7 Å². The Balaban J connectivity index is 1.77. The van der Waals surface area contributed by atoms with Gasteiger partial charge >= 0.3 is 0 Å². The van der Waals surface area contributed by atoms with Gasteiger partial charge in [0.1, 0.15) is 5.75 Å². The zero-order valence-corrected chi connectivity index (χ0v) is 16.7. The van der Waals surface area contributed by atoms with E-state index in [1.54, 1.807) is 7.11 Å². The first-order valence-corrected chi connectivity index (χ1v) is 9.55. The Morgan fingerprint density at radius 2 is 2.07 bits per heavy atom. The van der Waals surface area contributed by atoms with E-state index in [2.05, 4.69) is 10.2 Å². The van der Waals surface area contributed by atoms with Crippen molar-refractivity contribution in [1.82, 2.24) is 10.2 Å². The molecule has 1 fully saturated rings. The van der Waals surface area contributed by atoms with Crippen molar-refractivity contribution < 1.29 is 19.2 Å². The van der Waals surface area contributed by atoms with Crippen molar-refractivity contribution in [3.8, 4) is 5.75 Å². The molecule has 0 spiro atoms. The summed E-state index contributed by atoms with van der Waals surface area (Å²) in [4.78, 5) is 25.2. The van der Waals surface area contributed by atoms with E-state index >= 15 is 0 Å². The van der Waals surface area contributed by atoms with Gasteiger partial charge in [-0.05, 0) is 23.8 Å². The number of morpholine rings is 1. The molecule has 0 bridgehead atoms. The van der Waals surface area contributed by atoms with Crippen LogP contribution in [0.2, 0.25) is 5.02 Å². The molecule has 2 aromatic carbocycles. The maximum absolute atomic E-state index is 12.7. The highest BCUT2D eigenvalue weighted by Crippen LogP contribution is 2.26. The van der Waals surface area contributed by atoms with Gasteiger partial charge in [-0.3, -0.25) is 19.8 Å². The Kier molecular flexibility index (Phi) is 7.03. The van der Waals surface area contributed by atoms with Crippen LogP contribution >= 0.6 is 11.6 Å². The minimum Gasteiger partial charge on any atom is -0.497 e. The number of hydrogen-bond acceptors (Lipinski definition) is 6. The number of methoxy groups -OCH3 is 1. The summed E-state index contributed by atoms with van der Waals surface area (Å²) in [6, 6.07) is 11.5. The molecule has 0 aromatic heterocycles. The summed E-state index contributed by atoms with van der Waals surface area (Å²) < 4.78 is 10.8. The number of amides is 1. The van der Waals surface area contributed by atoms with Crippen LogP contribution in [0.15, 0.2) is 42.5 Å². The van der Waals surface area contributed by atoms with Crippen molar-refractivity contribution in [2.24, 2.45) is 0 Å². The van der Waals surface area contributed by atoms with Crippen LogP contribution in [0.25, 0.3) is 0 Å². The normalized spacial score (nSPS) is 15.5. The topological polar surface area (TPSA) is 93.9 Å². The van der Waals surface area contributed by atoms with E-state index in [1.165, 1.54) is 18.2 Å². The first-order valence-electron chi connectivity index (χ1n) is 9.17. The maximum Gasteiger partial charge on any atom is 0.270 e. The number of nitro benzene ring substituents is 1. The van der Waals surface area contributed by atoms with E-state index in [-0.39, 0.29) is 28.2 Å². The first kappa shape index (κ1) is 21.0. The Bertz CT molecular complexity index is 886. The zero-order chi connectivity index (χ0) is 20.8. The number of halogens is 1. The van der Waals surface area contributed by atoms with Gasteiger partial charge in [-0.2, -0.15) is 0 Å². The molecule has 0 radical (unpaired) electrons. The summed E-state index contributed by atoms with van der Waals surface area (Å²) in [6.07, 6.45) is 0. The van der Waals surface area contributed by atoms with Crippen molar-refractivity contribution in [3.63, 3.8) is 0 Å². The van der Waals surface area contributed by atoms with E-state index in [9.17, 15) is 14.9 Å². The van der Waals surface area contributed by atoms with Crippen LogP contribution in [-0.2, 0) is 4.74 Å². The number of carbonyl (C=O) groups is 1. The van der Waals surface area contributed by atoms with Crippen LogP contribution in [0.1, 0.15) is 22.0 Å². The van der Waals surface area contributed by atoms with Gasteiger partial charge in [-0.15, -0.1) is 0 Å². The standard InChI is InChI=1S/C20H22ClN3O5/c1-28-16-4-2-3-14(11-16)19(23-7-9-29-10-8-23)13-22-20(25)17-6-5-15(24(26)27)12-18(17)21/h2-6,11-12,19H,7-10,13H2,1H3,(H,22,25)/t19-/m1/s1. The van der Waals surface area contributed by atoms with E-state index in [0.717, 1.165) is 24.4 Å². The van der Waals surface area contributed by atoms with Crippen molar-refractivity contribution >= 4 is 23.2 Å². The predicted octanol–water partition coefficient (Wildman–Crippen LogP) is 3.06. The zero-order valence-electron chi connectivity index (χ0n) is 16.0. The molecule has 0 unspecified atom stereocenters. The second-order valence-corrected chi connectivity index (χ2v) is 6.98. The third-order valence-electron chi connectivity index (χ3n) is 4.83. The van der Waals surface area contributed by atoms with Crippen LogP contribution in [0, 0.1) is 10.1 Å². The average Bonchev–Trinajstić information content (AvgIpc) is 2.74. The second-order valence-electron chi connectivity index (χ2n) is 6.57. The van der Waals surface area contributed by atoms with Gasteiger partial charge in [0.2, 0.25) is 0 Å². The maximum atomic E-state index is 12.7. The molecule has 1 N–H and O–H groups in total. The Labute approximate surface area is 173 Å². The third kappa shape index (κ3) is 5.23. The summed E-state index contributed by atoms with van der Waals surface area (Å²) in [7, 11) is 1.61. The molecule has 29 heavy (non-hydrogen) atoms. The van der Waals surface area contributed by atoms with Crippen LogP contribution < -0.4 is 10.1 Å². The number of nitro groups is 1. The SMILES string of the molecule is COc1cccc([C@@H](CNC(=O)c2ccc([N+](=O)[O-])cc2Cl)N2CCOCC2)c1. The smallest absolute Gasteiger partial charge is 0.270 e. The molecule has 1 amide bonds. The lowest BCUT2D eigenvalue weighted by Crippen LogP contribution is -2.43. The highest BCUT2D eigenvalue weighted by atomic mass is 35.5. The van der Waals surface area contributed by atoms with Gasteiger partial charge in [-0.25, -0.2) is 0 Å². The minimum atomic E-state index is -0.551. The molecule has 1 aliphatic rings. The largest absolute Gasteiger partial charge is 0.497 e. The number of ether oxygens (including phenoxy) is 2. The number of rotatable bonds is 7. The third-order valence-corrected chi connectivity index (χ3v) is 5.14. The summed E-state index contributed by atoms with van der Waals surface area (Å²) in [5.74, 6) is 0.358. The van der Waals surface area contributed by atoms with E-state index in [4.69, 9.17) is 21.1 Å². The van der Waals surface area contributed by atoms with Crippen LogP contribution in [0.4, 0.5) is 5.69 Å². The van der Waals surface area contributed by atoms with E-state index < -0.39 is 4.92 Å². The quantitative estimate of drug-likeness (QED) is 0.547. The van der Waals surface area contributed by atoms with Gasteiger partial charge in [0.15, 0.2) is 0 Å². The van der Waals surface area contributed by atoms with Crippen molar-refractivity contribution in [3.05, 3.63) is 68.7 Å². The Hall–Kier alpha value is -2.68. The molecule has 3 rings (SSSR count). The van der Waals surface area contributed by atoms with Gasteiger partial charge in [-0.1, -0.05) is 23.7 Å². The number of hydrogen-bond donors (Lipinski definition) is 1. The van der Waals surface area contributed by atoms with Crippen LogP contribution in [0.5, 0.6) is 5.75 Å². The fourth-order valence-corrected chi connectivity index (χ4v) is 3.54.